The molecule has 0 aliphatic carbocycles. The number of nitrogens with two attached hydrogens (primary N) is 1. The SMILES string of the molecule is CC=C(c1ccc(OC)c(N)c1)c1ccc(OC)c(OC)c1. The van der Waals surface area contributed by atoms with Crippen LogP contribution in [-0.4, -0.2) is 21.3 Å². The maximum Gasteiger partial charge on any atom is 0.161 e. The van der Waals surface area contributed by atoms with Crippen LogP contribution in [0.3, 0.4) is 0 Å². The Morgan fingerprint density at radius 2 is 1.36 bits per heavy atom. The second-order valence-corrected chi connectivity index (χ2v) is 4.73. The second-order valence-electron chi connectivity index (χ2n) is 4.73. The Balaban J connectivity index is 2.47. The Hall–Kier alpha value is -2.62. The van der Waals surface area contributed by atoms with E-state index in [1.165, 1.54) is 0 Å². The number of hydrogen-bond donors (Lipinski definition) is 1. The third-order valence-electron chi connectivity index (χ3n) is 3.52. The molecule has 4 nitrogen and oxygen atoms in total. The Kier molecular flexibility index (Phi) is 4.94. The van der Waals surface area contributed by atoms with Gasteiger partial charge in [0, 0.05) is 0 Å². The fraction of sp³-hybridized carbons (Fsp3) is 0.222. The summed E-state index contributed by atoms with van der Waals surface area (Å²) in [5.41, 5.74) is 9.74. The van der Waals surface area contributed by atoms with Gasteiger partial charge >= 0.3 is 0 Å². The zero-order chi connectivity index (χ0) is 16.1. The lowest BCUT2D eigenvalue weighted by atomic mass is 9.97. The van der Waals surface area contributed by atoms with Crippen molar-refractivity contribution in [1.82, 2.24) is 0 Å². The van der Waals surface area contributed by atoms with E-state index in [2.05, 4.69) is 0 Å². The molecule has 0 atom stereocenters. The standard InChI is InChI=1S/C18H21NO3/c1-5-14(12-6-8-16(20-2)15(19)10-12)13-7-9-17(21-3)18(11-13)22-4/h5-11H,19H2,1-4H3. The molecule has 0 radical (unpaired) electrons. The van der Waals surface area contributed by atoms with Gasteiger partial charge in [-0.2, -0.15) is 0 Å². The minimum atomic E-state index is 0.611. The molecule has 0 amide bonds. The van der Waals surface area contributed by atoms with Gasteiger partial charge < -0.3 is 19.9 Å². The minimum Gasteiger partial charge on any atom is -0.495 e. The number of anilines is 1. The van der Waals surface area contributed by atoms with E-state index in [0.717, 1.165) is 16.7 Å². The molecular weight excluding hydrogens is 278 g/mol. The molecule has 2 N–H and O–H groups in total. The molecule has 0 heterocycles. The fourth-order valence-electron chi connectivity index (χ4n) is 2.41. The zero-order valence-electron chi connectivity index (χ0n) is 13.3. The van der Waals surface area contributed by atoms with Crippen LogP contribution in [0.1, 0.15) is 18.1 Å². The van der Waals surface area contributed by atoms with Crippen molar-refractivity contribution in [2.45, 2.75) is 6.92 Å². The third-order valence-corrected chi connectivity index (χ3v) is 3.52. The molecule has 0 aliphatic heterocycles. The summed E-state index contributed by atoms with van der Waals surface area (Å²) < 4.78 is 15.9. The van der Waals surface area contributed by atoms with Gasteiger partial charge in [-0.05, 0) is 47.9 Å². The van der Waals surface area contributed by atoms with Crippen LogP contribution in [0.2, 0.25) is 0 Å². The van der Waals surface area contributed by atoms with Crippen LogP contribution in [0.5, 0.6) is 17.2 Å². The first kappa shape index (κ1) is 15.8. The summed E-state index contributed by atoms with van der Waals surface area (Å²) in [6, 6.07) is 11.6. The quantitative estimate of drug-likeness (QED) is 0.854. The smallest absolute Gasteiger partial charge is 0.161 e. The number of rotatable bonds is 5. The summed E-state index contributed by atoms with van der Waals surface area (Å²) in [6.45, 7) is 1.99. The first-order valence-electron chi connectivity index (χ1n) is 6.97. The lowest BCUT2D eigenvalue weighted by molar-refractivity contribution is 0.355. The monoisotopic (exact) mass is 299 g/mol. The van der Waals surface area contributed by atoms with Crippen LogP contribution in [0.4, 0.5) is 5.69 Å². The highest BCUT2D eigenvalue weighted by Gasteiger charge is 2.11. The maximum atomic E-state index is 6.01. The summed E-state index contributed by atoms with van der Waals surface area (Å²) in [4.78, 5) is 0. The van der Waals surface area contributed by atoms with Gasteiger partial charge in [-0.1, -0.05) is 18.2 Å². The minimum absolute atomic E-state index is 0.611. The molecule has 0 saturated carbocycles. The van der Waals surface area contributed by atoms with Crippen molar-refractivity contribution in [3.63, 3.8) is 0 Å². The Bertz CT molecular complexity index is 693. The van der Waals surface area contributed by atoms with Crippen molar-refractivity contribution in [3.05, 3.63) is 53.6 Å². The van der Waals surface area contributed by atoms with Crippen molar-refractivity contribution in [2.75, 3.05) is 27.1 Å². The normalized spacial score (nSPS) is 11.2. The highest BCUT2D eigenvalue weighted by Crippen LogP contribution is 2.34. The molecule has 0 saturated heterocycles. The highest BCUT2D eigenvalue weighted by molar-refractivity contribution is 5.82. The molecule has 4 heteroatoms. The van der Waals surface area contributed by atoms with Crippen molar-refractivity contribution in [1.29, 1.82) is 0 Å². The van der Waals surface area contributed by atoms with Gasteiger partial charge in [0.05, 0.1) is 27.0 Å². The summed E-state index contributed by atoms with van der Waals surface area (Å²) in [6.07, 6.45) is 2.04. The van der Waals surface area contributed by atoms with Crippen LogP contribution in [-0.2, 0) is 0 Å². The van der Waals surface area contributed by atoms with Crippen LogP contribution >= 0.6 is 0 Å². The molecule has 0 spiro atoms. The maximum absolute atomic E-state index is 6.01. The van der Waals surface area contributed by atoms with Crippen LogP contribution in [0.15, 0.2) is 42.5 Å². The van der Waals surface area contributed by atoms with E-state index in [4.69, 9.17) is 19.9 Å². The number of hydrogen-bond acceptors (Lipinski definition) is 4. The Morgan fingerprint density at radius 3 is 1.86 bits per heavy atom. The number of methoxy groups -OCH3 is 3. The van der Waals surface area contributed by atoms with Gasteiger partial charge in [0.25, 0.3) is 0 Å². The number of nitrogen functional groups attached to an aromatic ring is 1. The summed E-state index contributed by atoms with van der Waals surface area (Å²) in [5.74, 6) is 2.07. The first-order valence-corrected chi connectivity index (χ1v) is 6.97. The topological polar surface area (TPSA) is 53.7 Å². The molecule has 2 aromatic carbocycles. The molecular formula is C18H21NO3. The highest BCUT2D eigenvalue weighted by atomic mass is 16.5. The predicted octanol–water partition coefficient (Wildman–Crippen LogP) is 3.75. The molecule has 2 rings (SSSR count). The van der Waals surface area contributed by atoms with Crippen LogP contribution < -0.4 is 19.9 Å². The molecule has 0 unspecified atom stereocenters. The molecule has 2 aromatic rings. The third kappa shape index (κ3) is 3.01. The van der Waals surface area contributed by atoms with Crippen LogP contribution in [0, 0.1) is 0 Å². The molecule has 0 aliphatic rings. The molecule has 22 heavy (non-hydrogen) atoms. The zero-order valence-corrected chi connectivity index (χ0v) is 13.3. The average molecular weight is 299 g/mol. The summed E-state index contributed by atoms with van der Waals surface area (Å²) >= 11 is 0. The molecule has 0 fully saturated rings. The van der Waals surface area contributed by atoms with E-state index in [0.29, 0.717) is 22.9 Å². The second kappa shape index (κ2) is 6.89. The number of benzene rings is 2. The van der Waals surface area contributed by atoms with Crippen LogP contribution in [0.25, 0.3) is 5.57 Å². The predicted molar refractivity (Wildman–Crippen MR) is 89.7 cm³/mol. The Morgan fingerprint density at radius 1 is 0.818 bits per heavy atom. The van der Waals surface area contributed by atoms with Crippen molar-refractivity contribution in [3.8, 4) is 17.2 Å². The van der Waals surface area contributed by atoms with E-state index >= 15 is 0 Å². The largest absolute Gasteiger partial charge is 0.495 e. The summed E-state index contributed by atoms with van der Waals surface area (Å²) in [5, 5.41) is 0. The van der Waals surface area contributed by atoms with Gasteiger partial charge in [-0.3, -0.25) is 0 Å². The first-order chi connectivity index (χ1) is 10.6. The van der Waals surface area contributed by atoms with Gasteiger partial charge in [0.2, 0.25) is 0 Å². The van der Waals surface area contributed by atoms with Crippen molar-refractivity contribution >= 4 is 11.3 Å². The number of ether oxygens (including phenoxy) is 3. The van der Waals surface area contributed by atoms with Gasteiger partial charge in [-0.25, -0.2) is 0 Å². The number of allylic oxidation sites excluding steroid dienone is 1. The average Bonchev–Trinajstić information content (AvgIpc) is 2.55. The van der Waals surface area contributed by atoms with E-state index < -0.39 is 0 Å². The van der Waals surface area contributed by atoms with Gasteiger partial charge in [-0.15, -0.1) is 0 Å². The van der Waals surface area contributed by atoms with Crippen molar-refractivity contribution in [2.24, 2.45) is 0 Å². The van der Waals surface area contributed by atoms with E-state index in [9.17, 15) is 0 Å². The molecule has 0 bridgehead atoms. The van der Waals surface area contributed by atoms with E-state index in [1.807, 2.05) is 49.4 Å². The van der Waals surface area contributed by atoms with E-state index in [-0.39, 0.29) is 0 Å². The fourth-order valence-corrected chi connectivity index (χ4v) is 2.41. The molecule has 0 aromatic heterocycles. The van der Waals surface area contributed by atoms with Crippen molar-refractivity contribution < 1.29 is 14.2 Å². The summed E-state index contributed by atoms with van der Waals surface area (Å²) in [7, 11) is 4.86. The molecule has 116 valence electrons. The lowest BCUT2D eigenvalue weighted by Gasteiger charge is -2.13. The van der Waals surface area contributed by atoms with Gasteiger partial charge in [0.1, 0.15) is 5.75 Å². The van der Waals surface area contributed by atoms with Gasteiger partial charge in [0.15, 0.2) is 11.5 Å². The lowest BCUT2D eigenvalue weighted by Crippen LogP contribution is -1.96. The van der Waals surface area contributed by atoms with E-state index in [1.54, 1.807) is 21.3 Å². The Labute approximate surface area is 131 Å².